The van der Waals surface area contributed by atoms with Crippen molar-refractivity contribution in [3.05, 3.63) is 0 Å². The summed E-state index contributed by atoms with van der Waals surface area (Å²) in [4.78, 5) is 0. The van der Waals surface area contributed by atoms with Crippen LogP contribution in [0.5, 0.6) is 0 Å². The summed E-state index contributed by atoms with van der Waals surface area (Å²) in [7, 11) is 0. The van der Waals surface area contributed by atoms with Crippen molar-refractivity contribution in [2.75, 3.05) is 0 Å². The molecule has 0 aromatic rings. The molecular weight excluding hydrogens is 188 g/mol. The van der Waals surface area contributed by atoms with Crippen LogP contribution >= 0.6 is 11.9 Å². The van der Waals surface area contributed by atoms with Crippen molar-refractivity contribution in [1.82, 2.24) is 0 Å². The fraction of sp³-hybridized carbons (Fsp3) is 1.00. The summed E-state index contributed by atoms with van der Waals surface area (Å²) in [6.07, 6.45) is 7.35. The molecule has 1 aliphatic carbocycles. The third-order valence-corrected chi connectivity index (χ3v) is 2.52. The Bertz CT molecular complexity index is 101. The molecule has 0 amide bonds. The third-order valence-electron chi connectivity index (χ3n) is 2.27. The van der Waals surface area contributed by atoms with Gasteiger partial charge in [-0.05, 0) is 26.2 Å². The molecule has 80 valence electrons. The number of halogens is 1. The molecule has 0 aromatic carbocycles. The smallest absolute Gasteiger partial charge is 0.0790 e. The van der Waals surface area contributed by atoms with Crippen LogP contribution in [0, 0.1) is 0 Å². The minimum atomic E-state index is -0.116. The van der Waals surface area contributed by atoms with Gasteiger partial charge in [-0.3, -0.25) is 4.29 Å². The molecule has 1 atom stereocenters. The van der Waals surface area contributed by atoms with Gasteiger partial charge in [0.2, 0.25) is 0 Å². The van der Waals surface area contributed by atoms with Crippen LogP contribution in [-0.4, -0.2) is 17.3 Å². The molecule has 0 heterocycles. The molecule has 1 saturated carbocycles. The predicted octanol–water partition coefficient (Wildman–Crippen LogP) is 3.27. The van der Waals surface area contributed by atoms with Crippen molar-refractivity contribution in [3.8, 4) is 0 Å². The predicted molar refractivity (Wildman–Crippen MR) is 55.8 cm³/mol. The van der Waals surface area contributed by atoms with Crippen molar-refractivity contribution in [2.45, 2.75) is 64.6 Å². The molecule has 1 aliphatic rings. The summed E-state index contributed by atoms with van der Waals surface area (Å²) in [5.74, 6) is 0. The van der Waals surface area contributed by atoms with E-state index in [2.05, 4.69) is 4.29 Å². The first-order valence-corrected chi connectivity index (χ1v) is 5.47. The van der Waals surface area contributed by atoms with Crippen LogP contribution in [0.25, 0.3) is 0 Å². The minimum Gasteiger partial charge on any atom is -0.393 e. The maximum atomic E-state index is 8.36. The molecule has 0 aromatic heterocycles. The zero-order valence-electron chi connectivity index (χ0n) is 8.63. The monoisotopic (exact) mass is 208 g/mol. The first kappa shape index (κ1) is 13.2. The first-order valence-electron chi connectivity index (χ1n) is 5.16. The highest BCUT2D eigenvalue weighted by Crippen LogP contribution is 2.20. The van der Waals surface area contributed by atoms with Gasteiger partial charge in [-0.1, -0.05) is 26.2 Å². The van der Waals surface area contributed by atoms with Crippen LogP contribution in [0.2, 0.25) is 0 Å². The minimum absolute atomic E-state index is 0.116. The van der Waals surface area contributed by atoms with Gasteiger partial charge in [-0.2, -0.15) is 0 Å². The zero-order chi connectivity index (χ0) is 10.1. The van der Waals surface area contributed by atoms with Gasteiger partial charge < -0.3 is 5.11 Å². The van der Waals surface area contributed by atoms with Crippen LogP contribution in [0.1, 0.15) is 52.4 Å². The zero-order valence-corrected chi connectivity index (χ0v) is 9.39. The molecule has 1 N–H and O–H groups in total. The summed E-state index contributed by atoms with van der Waals surface area (Å²) in [5, 5.41) is 8.36. The quantitative estimate of drug-likeness (QED) is 0.755. The summed E-state index contributed by atoms with van der Waals surface area (Å²) >= 11 is 5.18. The lowest BCUT2D eigenvalue weighted by Gasteiger charge is -2.17. The molecule has 1 unspecified atom stereocenters. The van der Waals surface area contributed by atoms with E-state index in [1.165, 1.54) is 19.3 Å². The molecule has 13 heavy (non-hydrogen) atoms. The lowest BCUT2D eigenvalue weighted by atomic mass is 9.98. The molecule has 0 radical (unpaired) electrons. The normalized spacial score (nSPS) is 20.3. The van der Waals surface area contributed by atoms with E-state index >= 15 is 0 Å². The maximum Gasteiger partial charge on any atom is 0.0790 e. The number of hydrogen-bond acceptors (Lipinski definition) is 2. The second-order valence-electron chi connectivity index (χ2n) is 3.61. The van der Waals surface area contributed by atoms with Crippen LogP contribution in [0.3, 0.4) is 0 Å². The topological polar surface area (TPSA) is 29.5 Å². The van der Waals surface area contributed by atoms with Gasteiger partial charge >= 0.3 is 0 Å². The van der Waals surface area contributed by atoms with Crippen molar-refractivity contribution in [2.24, 2.45) is 0 Å². The Kier molecular flexibility index (Phi) is 8.93. The second kappa shape index (κ2) is 8.79. The number of rotatable bonds is 2. The maximum absolute atomic E-state index is 8.36. The molecule has 3 heteroatoms. The van der Waals surface area contributed by atoms with E-state index in [1.54, 1.807) is 6.92 Å². The third kappa shape index (κ3) is 8.54. The van der Waals surface area contributed by atoms with Gasteiger partial charge in [0.25, 0.3) is 0 Å². The number of aliphatic hydroxyl groups is 1. The van der Waals surface area contributed by atoms with E-state index in [0.29, 0.717) is 6.10 Å². The molecule has 1 rings (SSSR count). The Labute approximate surface area is 86.4 Å². The highest BCUT2D eigenvalue weighted by molar-refractivity contribution is 6.07. The highest BCUT2D eigenvalue weighted by atomic mass is 35.5. The van der Waals surface area contributed by atoms with E-state index in [0.717, 1.165) is 19.3 Å². The molecule has 0 spiro atoms. The van der Waals surface area contributed by atoms with E-state index in [4.69, 9.17) is 17.0 Å². The van der Waals surface area contributed by atoms with Crippen LogP contribution in [-0.2, 0) is 4.29 Å². The summed E-state index contributed by atoms with van der Waals surface area (Å²) in [6, 6.07) is 0. The fourth-order valence-electron chi connectivity index (χ4n) is 1.15. The van der Waals surface area contributed by atoms with E-state index in [-0.39, 0.29) is 6.10 Å². The second-order valence-corrected chi connectivity index (χ2v) is 3.78. The van der Waals surface area contributed by atoms with Gasteiger partial charge in [-0.25, -0.2) is 0 Å². The molecular formula is C10H21ClO2. The van der Waals surface area contributed by atoms with E-state index in [9.17, 15) is 0 Å². The largest absolute Gasteiger partial charge is 0.393 e. The Morgan fingerprint density at radius 1 is 1.38 bits per heavy atom. The summed E-state index contributed by atoms with van der Waals surface area (Å²) in [5.41, 5.74) is 0. The number of aliphatic hydroxyl groups excluding tert-OH is 1. The fourth-order valence-corrected chi connectivity index (χ4v) is 1.33. The van der Waals surface area contributed by atoms with Crippen LogP contribution < -0.4 is 0 Å². The average molecular weight is 209 g/mol. The van der Waals surface area contributed by atoms with Crippen LogP contribution in [0.15, 0.2) is 0 Å². The molecule has 0 aliphatic heterocycles. The first-order chi connectivity index (χ1) is 6.20. The Morgan fingerprint density at radius 3 is 2.08 bits per heavy atom. The molecule has 0 bridgehead atoms. The highest BCUT2D eigenvalue weighted by Gasteiger charge is 2.12. The van der Waals surface area contributed by atoms with Crippen molar-refractivity contribution < 1.29 is 9.40 Å². The number of hydrogen-bond donors (Lipinski definition) is 1. The SMILES string of the molecule is CCC(C)O.ClOC1CCCCC1. The molecule has 0 saturated heterocycles. The average Bonchev–Trinajstić information content (AvgIpc) is 2.20. The van der Waals surface area contributed by atoms with Crippen molar-refractivity contribution in [1.29, 1.82) is 0 Å². The van der Waals surface area contributed by atoms with Gasteiger partial charge in [0.05, 0.1) is 24.1 Å². The lowest BCUT2D eigenvalue weighted by molar-refractivity contribution is 0.171. The molecule has 2 nitrogen and oxygen atoms in total. The summed E-state index contributed by atoms with van der Waals surface area (Å²) in [6.45, 7) is 3.73. The molecule has 1 fully saturated rings. The van der Waals surface area contributed by atoms with Crippen LogP contribution in [0.4, 0.5) is 0 Å². The van der Waals surface area contributed by atoms with Crippen molar-refractivity contribution in [3.63, 3.8) is 0 Å². The lowest BCUT2D eigenvalue weighted by Crippen LogP contribution is -2.11. The van der Waals surface area contributed by atoms with E-state index in [1.807, 2.05) is 6.92 Å². The van der Waals surface area contributed by atoms with Gasteiger partial charge in [0.15, 0.2) is 0 Å². The van der Waals surface area contributed by atoms with E-state index < -0.39 is 0 Å². The summed E-state index contributed by atoms with van der Waals surface area (Å²) < 4.78 is 4.66. The van der Waals surface area contributed by atoms with Gasteiger partial charge in [-0.15, -0.1) is 0 Å². The Balaban J connectivity index is 0.000000252. The van der Waals surface area contributed by atoms with Gasteiger partial charge in [0, 0.05) is 0 Å². The Morgan fingerprint density at radius 2 is 1.85 bits per heavy atom. The van der Waals surface area contributed by atoms with Crippen molar-refractivity contribution >= 4 is 11.9 Å². The Hall–Kier alpha value is 0.210. The van der Waals surface area contributed by atoms with Gasteiger partial charge in [0.1, 0.15) is 0 Å². The standard InChI is InChI=1S/C6H11ClO.C4H10O/c7-8-6-4-2-1-3-5-6;1-3-4(2)5/h6H,1-5H2;4-5H,3H2,1-2H3.